The van der Waals surface area contributed by atoms with Crippen molar-refractivity contribution in [3.63, 3.8) is 0 Å². The number of carboxylic acids is 1. The molecule has 0 aliphatic carbocycles. The molecular formula is C13H15BrN2O4. The van der Waals surface area contributed by atoms with Crippen molar-refractivity contribution in [3.8, 4) is 0 Å². The highest BCUT2D eigenvalue weighted by Gasteiger charge is 2.25. The number of rotatable bonds is 3. The van der Waals surface area contributed by atoms with E-state index in [1.807, 2.05) is 0 Å². The molecule has 1 fully saturated rings. The zero-order valence-electron chi connectivity index (χ0n) is 10.7. The number of benzene rings is 1. The van der Waals surface area contributed by atoms with Crippen molar-refractivity contribution >= 4 is 33.6 Å². The van der Waals surface area contributed by atoms with Crippen LogP contribution in [0.25, 0.3) is 0 Å². The van der Waals surface area contributed by atoms with Gasteiger partial charge in [0.05, 0.1) is 11.3 Å². The summed E-state index contributed by atoms with van der Waals surface area (Å²) in [5.41, 5.74) is 0.670. The first-order valence-corrected chi connectivity index (χ1v) is 7.00. The van der Waals surface area contributed by atoms with E-state index in [4.69, 9.17) is 10.2 Å². The monoisotopic (exact) mass is 342 g/mol. The second-order valence-corrected chi connectivity index (χ2v) is 5.57. The summed E-state index contributed by atoms with van der Waals surface area (Å²) in [6.07, 6.45) is 0.795. The summed E-state index contributed by atoms with van der Waals surface area (Å²) < 4.78 is 0.517. The van der Waals surface area contributed by atoms with Crippen LogP contribution in [0.2, 0.25) is 0 Å². The molecule has 108 valence electrons. The summed E-state index contributed by atoms with van der Waals surface area (Å²) in [4.78, 5) is 24.5. The molecule has 1 atom stereocenters. The molecule has 0 saturated carbocycles. The highest BCUT2D eigenvalue weighted by atomic mass is 79.9. The number of aromatic carboxylic acids is 1. The molecule has 6 nitrogen and oxygen atoms in total. The smallest absolute Gasteiger partial charge is 0.335 e. The van der Waals surface area contributed by atoms with Crippen LogP contribution < -0.4 is 5.32 Å². The predicted molar refractivity (Wildman–Crippen MR) is 76.9 cm³/mol. The fourth-order valence-corrected chi connectivity index (χ4v) is 2.59. The molecule has 0 spiro atoms. The average Bonchev–Trinajstić information content (AvgIpc) is 2.89. The average molecular weight is 343 g/mol. The van der Waals surface area contributed by atoms with Gasteiger partial charge in [-0.05, 0) is 40.5 Å². The highest BCUT2D eigenvalue weighted by molar-refractivity contribution is 9.10. The first-order chi connectivity index (χ1) is 9.51. The van der Waals surface area contributed by atoms with Crippen molar-refractivity contribution < 1.29 is 19.8 Å². The maximum absolute atomic E-state index is 12.0. The number of carbonyl (C=O) groups excluding carboxylic acids is 1. The number of anilines is 1. The van der Waals surface area contributed by atoms with Crippen LogP contribution in [0.15, 0.2) is 22.7 Å². The van der Waals surface area contributed by atoms with Crippen LogP contribution in [0, 0.1) is 5.92 Å². The van der Waals surface area contributed by atoms with E-state index in [1.54, 1.807) is 11.0 Å². The van der Waals surface area contributed by atoms with Gasteiger partial charge in [-0.3, -0.25) is 0 Å². The lowest BCUT2D eigenvalue weighted by atomic mass is 10.1. The minimum Gasteiger partial charge on any atom is -0.478 e. The van der Waals surface area contributed by atoms with Gasteiger partial charge in [-0.15, -0.1) is 0 Å². The van der Waals surface area contributed by atoms with E-state index in [0.29, 0.717) is 23.2 Å². The van der Waals surface area contributed by atoms with E-state index in [1.165, 1.54) is 12.1 Å². The van der Waals surface area contributed by atoms with E-state index < -0.39 is 5.97 Å². The Morgan fingerprint density at radius 1 is 1.45 bits per heavy atom. The third kappa shape index (κ3) is 3.29. The van der Waals surface area contributed by atoms with Gasteiger partial charge in [0.25, 0.3) is 0 Å². The number of carbonyl (C=O) groups is 2. The molecule has 0 bridgehead atoms. The summed E-state index contributed by atoms with van der Waals surface area (Å²) in [5.74, 6) is -0.882. The second kappa shape index (κ2) is 6.23. The molecule has 1 aliphatic rings. The van der Waals surface area contributed by atoms with Gasteiger partial charge in [-0.2, -0.15) is 0 Å². The van der Waals surface area contributed by atoms with Crippen molar-refractivity contribution in [1.82, 2.24) is 4.90 Å². The standard InChI is InChI=1S/C13H15BrN2O4/c14-10-5-9(12(18)19)1-2-11(10)15-13(20)16-4-3-8(6-16)7-17/h1-2,5,8,17H,3-4,6-7H2,(H,15,20)(H,18,19). The lowest BCUT2D eigenvalue weighted by Gasteiger charge is -2.17. The molecule has 1 unspecified atom stereocenters. The third-order valence-corrected chi connectivity index (χ3v) is 3.94. The Morgan fingerprint density at radius 3 is 2.75 bits per heavy atom. The number of carboxylic acid groups (broad SMARTS) is 1. The molecule has 1 aromatic carbocycles. The van der Waals surface area contributed by atoms with Crippen LogP contribution >= 0.6 is 15.9 Å². The Morgan fingerprint density at radius 2 is 2.20 bits per heavy atom. The quantitative estimate of drug-likeness (QED) is 0.783. The van der Waals surface area contributed by atoms with Gasteiger partial charge in [0.15, 0.2) is 0 Å². The highest BCUT2D eigenvalue weighted by Crippen LogP contribution is 2.25. The number of nitrogens with zero attached hydrogens (tertiary/aromatic N) is 1. The van der Waals surface area contributed by atoms with Gasteiger partial charge in [0.1, 0.15) is 0 Å². The molecule has 7 heteroatoms. The Bertz CT molecular complexity index is 535. The third-order valence-electron chi connectivity index (χ3n) is 3.29. The molecule has 3 N–H and O–H groups in total. The number of likely N-dealkylation sites (tertiary alicyclic amines) is 1. The maximum Gasteiger partial charge on any atom is 0.335 e. The van der Waals surface area contributed by atoms with Gasteiger partial charge in [0.2, 0.25) is 0 Å². The number of aliphatic hydroxyl groups excluding tert-OH is 1. The fourth-order valence-electron chi connectivity index (χ4n) is 2.11. The number of nitrogens with one attached hydrogen (secondary N) is 1. The molecule has 2 rings (SSSR count). The number of halogens is 1. The van der Waals surface area contributed by atoms with Gasteiger partial charge >= 0.3 is 12.0 Å². The number of hydrogen-bond donors (Lipinski definition) is 3. The molecule has 20 heavy (non-hydrogen) atoms. The predicted octanol–water partition coefficient (Wildman–Crippen LogP) is 1.99. The van der Waals surface area contributed by atoms with Gasteiger partial charge in [-0.1, -0.05) is 0 Å². The largest absolute Gasteiger partial charge is 0.478 e. The minimum absolute atomic E-state index is 0.0841. The van der Waals surface area contributed by atoms with Crippen LogP contribution in [0.3, 0.4) is 0 Å². The van der Waals surface area contributed by atoms with E-state index in [2.05, 4.69) is 21.2 Å². The molecule has 1 saturated heterocycles. The van der Waals surface area contributed by atoms with E-state index in [0.717, 1.165) is 6.42 Å². The molecule has 1 heterocycles. The topological polar surface area (TPSA) is 89.9 Å². The van der Waals surface area contributed by atoms with Crippen molar-refractivity contribution in [3.05, 3.63) is 28.2 Å². The lowest BCUT2D eigenvalue weighted by Crippen LogP contribution is -2.33. The molecule has 2 amide bonds. The first kappa shape index (κ1) is 14.8. The fraction of sp³-hybridized carbons (Fsp3) is 0.385. The molecular weight excluding hydrogens is 328 g/mol. The first-order valence-electron chi connectivity index (χ1n) is 6.21. The minimum atomic E-state index is -1.02. The number of hydrogen-bond acceptors (Lipinski definition) is 3. The molecule has 1 aromatic rings. The Hall–Kier alpha value is -1.60. The van der Waals surface area contributed by atoms with Crippen molar-refractivity contribution in [2.24, 2.45) is 5.92 Å². The molecule has 1 aliphatic heterocycles. The van der Waals surface area contributed by atoms with Gasteiger partial charge in [0, 0.05) is 30.1 Å². The van der Waals surface area contributed by atoms with Crippen LogP contribution in [0.5, 0.6) is 0 Å². The lowest BCUT2D eigenvalue weighted by molar-refractivity contribution is 0.0697. The number of urea groups is 1. The van der Waals surface area contributed by atoms with Crippen LogP contribution in [0.1, 0.15) is 16.8 Å². The van der Waals surface area contributed by atoms with Crippen LogP contribution in [-0.4, -0.2) is 46.8 Å². The Labute approximate surface area is 124 Å². The SMILES string of the molecule is O=C(O)c1ccc(NC(=O)N2CCC(CO)C2)c(Br)c1. The van der Waals surface area contributed by atoms with Crippen LogP contribution in [0.4, 0.5) is 10.5 Å². The molecule has 0 radical (unpaired) electrons. The van der Waals surface area contributed by atoms with E-state index in [-0.39, 0.29) is 24.1 Å². The summed E-state index contributed by atoms with van der Waals surface area (Å²) in [6, 6.07) is 4.18. The van der Waals surface area contributed by atoms with E-state index >= 15 is 0 Å². The van der Waals surface area contributed by atoms with Crippen molar-refractivity contribution in [1.29, 1.82) is 0 Å². The normalized spacial score (nSPS) is 18.1. The van der Waals surface area contributed by atoms with Crippen molar-refractivity contribution in [2.45, 2.75) is 6.42 Å². The zero-order chi connectivity index (χ0) is 14.7. The number of amides is 2. The Kier molecular flexibility index (Phi) is 4.61. The maximum atomic E-state index is 12.0. The summed E-state index contributed by atoms with van der Waals surface area (Å²) in [6.45, 7) is 1.23. The molecule has 0 aromatic heterocycles. The van der Waals surface area contributed by atoms with Gasteiger partial charge in [-0.25, -0.2) is 9.59 Å². The zero-order valence-corrected chi connectivity index (χ0v) is 12.3. The summed E-state index contributed by atoms with van der Waals surface area (Å²) in [5, 5.41) is 20.7. The van der Waals surface area contributed by atoms with Crippen molar-refractivity contribution in [2.75, 3.05) is 25.0 Å². The number of aliphatic hydroxyl groups is 1. The summed E-state index contributed by atoms with van der Waals surface area (Å²) >= 11 is 3.24. The van der Waals surface area contributed by atoms with Crippen LogP contribution in [-0.2, 0) is 0 Å². The summed E-state index contributed by atoms with van der Waals surface area (Å²) in [7, 11) is 0. The van der Waals surface area contributed by atoms with Gasteiger partial charge < -0.3 is 20.4 Å². The Balaban J connectivity index is 2.03. The second-order valence-electron chi connectivity index (χ2n) is 4.71. The van der Waals surface area contributed by atoms with E-state index in [9.17, 15) is 9.59 Å².